The minimum atomic E-state index is -0.406. The Balaban J connectivity index is 0.714. The van der Waals surface area contributed by atoms with Gasteiger partial charge in [-0.2, -0.15) is 0 Å². The van der Waals surface area contributed by atoms with Crippen LogP contribution in [0.15, 0.2) is 449 Å². The van der Waals surface area contributed by atoms with E-state index in [0.29, 0.717) is 0 Å². The molecule has 18 aromatic carbocycles. The Hall–Kier alpha value is -14.4. The number of benzene rings is 18. The standard InChI is InChI=1S/C111H80N2/c1-111(2)109-75-105(112(101-51-43-85(44-52-101)97-67-89(77-27-11-3-12-28-77)63-90(68-97)78-29-13-4-14-30-78)102-53-45-86(46-54-102)98-69-91(79-31-15-5-16-32-79)64-92(70-98)80-33-17-6-18-34-80)59-61-107(109)108-62-60-106(76-110(108)111)113(103-55-47-87(48-56-103)99-71-93(81-35-19-7-20-36-81)65-94(72-99)82-37-21-8-22-38-82)104-57-49-88(50-58-104)100-73-95(83-39-23-9-24-40-83)66-96(74-100)84-41-25-10-26-42-84/h3-76H,1-2H3. The highest BCUT2D eigenvalue weighted by atomic mass is 15.1. The first-order chi connectivity index (χ1) is 55.7. The Kier molecular flexibility index (Phi) is 18.5. The van der Waals surface area contributed by atoms with Gasteiger partial charge in [0, 0.05) is 39.5 Å². The maximum absolute atomic E-state index is 2.46. The van der Waals surface area contributed by atoms with Crippen LogP contribution in [-0.4, -0.2) is 0 Å². The Bertz CT molecular complexity index is 5440. The highest BCUT2D eigenvalue weighted by molar-refractivity contribution is 5.93. The third kappa shape index (κ3) is 14.1. The summed E-state index contributed by atoms with van der Waals surface area (Å²) in [6.07, 6.45) is 0. The van der Waals surface area contributed by atoms with E-state index < -0.39 is 5.41 Å². The van der Waals surface area contributed by atoms with Crippen LogP contribution < -0.4 is 9.80 Å². The molecule has 1 aliphatic carbocycles. The molecule has 0 N–H and O–H groups in total. The molecule has 0 radical (unpaired) electrons. The summed E-state index contributed by atoms with van der Waals surface area (Å²) >= 11 is 0. The molecule has 2 heteroatoms. The first-order valence-electron chi connectivity index (χ1n) is 39.1. The van der Waals surface area contributed by atoms with Crippen molar-refractivity contribution in [2.75, 3.05) is 9.80 Å². The quantitative estimate of drug-likeness (QED) is 0.0845. The average molecular weight is 1440 g/mol. The molecule has 0 saturated heterocycles. The maximum atomic E-state index is 2.46. The Labute approximate surface area is 663 Å². The van der Waals surface area contributed by atoms with Gasteiger partial charge in [0.15, 0.2) is 0 Å². The van der Waals surface area contributed by atoms with Gasteiger partial charge < -0.3 is 9.80 Å². The second-order valence-electron chi connectivity index (χ2n) is 30.1. The normalized spacial score (nSPS) is 11.9. The summed E-state index contributed by atoms with van der Waals surface area (Å²) < 4.78 is 0. The van der Waals surface area contributed by atoms with Gasteiger partial charge in [0.2, 0.25) is 0 Å². The molecule has 113 heavy (non-hydrogen) atoms. The molecule has 0 saturated carbocycles. The van der Waals surface area contributed by atoms with Crippen LogP contribution in [0.3, 0.4) is 0 Å². The molecular formula is C111H80N2. The molecule has 19 rings (SSSR count). The molecule has 0 fully saturated rings. The highest BCUT2D eigenvalue weighted by Gasteiger charge is 2.37. The average Bonchev–Trinajstić information content (AvgIpc) is 1.57. The lowest BCUT2D eigenvalue weighted by molar-refractivity contribution is 0.660. The van der Waals surface area contributed by atoms with Crippen molar-refractivity contribution in [1.82, 2.24) is 0 Å². The Morgan fingerprint density at radius 2 is 0.274 bits per heavy atom. The molecule has 0 heterocycles. The van der Waals surface area contributed by atoms with Crippen LogP contribution in [0.5, 0.6) is 0 Å². The number of anilines is 6. The molecule has 0 amide bonds. The zero-order valence-electron chi connectivity index (χ0n) is 63.1. The number of nitrogens with zero attached hydrogens (tertiary/aromatic N) is 2. The fourth-order valence-corrected chi connectivity index (χ4v) is 16.7. The first kappa shape index (κ1) is 69.0. The van der Waals surface area contributed by atoms with Gasteiger partial charge >= 0.3 is 0 Å². The summed E-state index contributed by atoms with van der Waals surface area (Å²) in [5, 5.41) is 0. The van der Waals surface area contributed by atoms with Crippen LogP contribution in [0, 0.1) is 0 Å². The topological polar surface area (TPSA) is 6.48 Å². The largest absolute Gasteiger partial charge is 0.310 e. The van der Waals surface area contributed by atoms with Gasteiger partial charge in [-0.05, 0) is 301 Å². The number of hydrogen-bond acceptors (Lipinski definition) is 2. The lowest BCUT2D eigenvalue weighted by Crippen LogP contribution is -2.17. The summed E-state index contributed by atoms with van der Waals surface area (Å²) in [6, 6.07) is 165. The predicted molar refractivity (Wildman–Crippen MR) is 479 cm³/mol. The van der Waals surface area contributed by atoms with E-state index in [1.807, 2.05) is 0 Å². The van der Waals surface area contributed by atoms with Crippen molar-refractivity contribution in [3.8, 4) is 145 Å². The van der Waals surface area contributed by atoms with Crippen LogP contribution in [-0.2, 0) is 5.41 Å². The van der Waals surface area contributed by atoms with E-state index in [2.05, 4.69) is 473 Å². The zero-order chi connectivity index (χ0) is 75.6. The second kappa shape index (κ2) is 30.2. The summed E-state index contributed by atoms with van der Waals surface area (Å²) in [4.78, 5) is 4.89. The van der Waals surface area contributed by atoms with Crippen LogP contribution in [0.1, 0.15) is 25.0 Å². The molecule has 18 aromatic rings. The third-order valence-electron chi connectivity index (χ3n) is 22.6. The summed E-state index contributed by atoms with van der Waals surface area (Å²) in [6.45, 7) is 4.82. The molecule has 2 nitrogen and oxygen atoms in total. The summed E-state index contributed by atoms with van der Waals surface area (Å²) in [5.74, 6) is 0. The maximum Gasteiger partial charge on any atom is 0.0465 e. The van der Waals surface area contributed by atoms with Crippen molar-refractivity contribution in [3.63, 3.8) is 0 Å². The van der Waals surface area contributed by atoms with Crippen LogP contribution in [0.4, 0.5) is 34.1 Å². The molecule has 0 atom stereocenters. The van der Waals surface area contributed by atoms with Crippen LogP contribution in [0.25, 0.3) is 145 Å². The molecule has 0 bridgehead atoms. The Morgan fingerprint density at radius 1 is 0.133 bits per heavy atom. The highest BCUT2D eigenvalue weighted by Crippen LogP contribution is 2.54. The van der Waals surface area contributed by atoms with Crippen molar-refractivity contribution in [2.45, 2.75) is 19.3 Å². The monoisotopic (exact) mass is 1440 g/mol. The van der Waals surface area contributed by atoms with Gasteiger partial charge in [0.05, 0.1) is 0 Å². The zero-order valence-corrected chi connectivity index (χ0v) is 63.1. The third-order valence-corrected chi connectivity index (χ3v) is 22.6. The van der Waals surface area contributed by atoms with Gasteiger partial charge in [-0.25, -0.2) is 0 Å². The second-order valence-corrected chi connectivity index (χ2v) is 30.1. The Morgan fingerprint density at radius 3 is 0.434 bits per heavy atom. The van der Waals surface area contributed by atoms with Crippen molar-refractivity contribution < 1.29 is 0 Å². The van der Waals surface area contributed by atoms with Gasteiger partial charge in [0.25, 0.3) is 0 Å². The minimum Gasteiger partial charge on any atom is -0.310 e. The van der Waals surface area contributed by atoms with Gasteiger partial charge in [-0.1, -0.05) is 317 Å². The lowest BCUT2D eigenvalue weighted by Gasteiger charge is -2.29. The molecule has 0 spiro atoms. The SMILES string of the molecule is CC1(C)c2cc(N(c3ccc(-c4cc(-c5ccccc5)cc(-c5ccccc5)c4)cc3)c3ccc(-c4cc(-c5ccccc5)cc(-c5ccccc5)c4)cc3)ccc2-c2ccc(N(c3ccc(-c4cc(-c5ccccc5)cc(-c5ccccc5)c4)cc3)c3ccc(-c4cc(-c5ccccc5)cc(-c5ccccc5)c4)cc3)cc21. The molecule has 0 aliphatic heterocycles. The van der Waals surface area contributed by atoms with E-state index in [1.165, 1.54) is 111 Å². The van der Waals surface area contributed by atoms with Crippen molar-refractivity contribution in [1.29, 1.82) is 0 Å². The van der Waals surface area contributed by atoms with E-state index in [-0.39, 0.29) is 0 Å². The predicted octanol–water partition coefficient (Wildman–Crippen LogP) is 30.9. The fraction of sp³-hybridized carbons (Fsp3) is 0.0270. The van der Waals surface area contributed by atoms with Gasteiger partial charge in [-0.3, -0.25) is 0 Å². The smallest absolute Gasteiger partial charge is 0.0465 e. The van der Waals surface area contributed by atoms with Gasteiger partial charge in [-0.15, -0.1) is 0 Å². The molecule has 0 aromatic heterocycles. The van der Waals surface area contributed by atoms with Crippen LogP contribution >= 0.6 is 0 Å². The lowest BCUT2D eigenvalue weighted by atomic mass is 9.82. The number of rotatable bonds is 18. The minimum absolute atomic E-state index is 0.406. The van der Waals surface area contributed by atoms with E-state index in [1.54, 1.807) is 0 Å². The molecule has 0 unspecified atom stereocenters. The summed E-state index contributed by atoms with van der Waals surface area (Å²) in [7, 11) is 0. The van der Waals surface area contributed by atoms with E-state index in [9.17, 15) is 0 Å². The summed E-state index contributed by atoms with van der Waals surface area (Å²) in [5.41, 5.74) is 39.2. The molecule has 1 aliphatic rings. The fourth-order valence-electron chi connectivity index (χ4n) is 16.7. The number of fused-ring (bicyclic) bond motifs is 3. The van der Waals surface area contributed by atoms with Crippen molar-refractivity contribution in [2.24, 2.45) is 0 Å². The van der Waals surface area contributed by atoms with E-state index in [4.69, 9.17) is 0 Å². The number of hydrogen-bond donors (Lipinski definition) is 0. The van der Waals surface area contributed by atoms with Crippen molar-refractivity contribution >= 4 is 34.1 Å². The van der Waals surface area contributed by atoms with E-state index in [0.717, 1.165) is 78.6 Å². The molecule has 534 valence electrons. The first-order valence-corrected chi connectivity index (χ1v) is 39.1. The van der Waals surface area contributed by atoms with E-state index >= 15 is 0 Å². The van der Waals surface area contributed by atoms with Crippen LogP contribution in [0.2, 0.25) is 0 Å². The molecular weight excluding hydrogens is 1360 g/mol. The van der Waals surface area contributed by atoms with Crippen molar-refractivity contribution in [3.05, 3.63) is 460 Å². The van der Waals surface area contributed by atoms with Gasteiger partial charge in [0.1, 0.15) is 0 Å².